The second kappa shape index (κ2) is 6.15. The molecular formula is C14H21NO2. The van der Waals surface area contributed by atoms with Crippen LogP contribution in [-0.4, -0.2) is 19.5 Å². The highest BCUT2D eigenvalue weighted by atomic mass is 16.7. The molecule has 1 heterocycles. The number of hydrogen-bond acceptors (Lipinski definition) is 3. The van der Waals surface area contributed by atoms with Crippen LogP contribution >= 0.6 is 0 Å². The van der Waals surface area contributed by atoms with E-state index in [0.29, 0.717) is 5.92 Å². The molecule has 1 aliphatic rings. The van der Waals surface area contributed by atoms with Crippen LogP contribution in [0.5, 0.6) is 0 Å². The molecule has 2 rings (SSSR count). The van der Waals surface area contributed by atoms with Crippen LogP contribution in [0.4, 0.5) is 0 Å². The van der Waals surface area contributed by atoms with Crippen molar-refractivity contribution in [1.82, 2.24) is 0 Å². The van der Waals surface area contributed by atoms with Crippen molar-refractivity contribution in [3.8, 4) is 0 Å². The van der Waals surface area contributed by atoms with Gasteiger partial charge in [-0.15, -0.1) is 0 Å². The number of benzene rings is 1. The van der Waals surface area contributed by atoms with Gasteiger partial charge in [0.25, 0.3) is 0 Å². The molecule has 0 aromatic heterocycles. The molecule has 1 aromatic carbocycles. The Morgan fingerprint density at radius 3 is 2.53 bits per heavy atom. The lowest BCUT2D eigenvalue weighted by Crippen LogP contribution is -2.30. The Morgan fingerprint density at radius 2 is 1.88 bits per heavy atom. The van der Waals surface area contributed by atoms with Crippen LogP contribution in [0.15, 0.2) is 30.3 Å². The van der Waals surface area contributed by atoms with Gasteiger partial charge >= 0.3 is 0 Å². The summed E-state index contributed by atoms with van der Waals surface area (Å²) in [5.41, 5.74) is 7.42. The molecule has 1 aliphatic heterocycles. The van der Waals surface area contributed by atoms with Gasteiger partial charge in [-0.1, -0.05) is 37.3 Å². The van der Waals surface area contributed by atoms with E-state index in [1.807, 2.05) is 18.2 Å². The van der Waals surface area contributed by atoms with Crippen LogP contribution in [0.25, 0.3) is 0 Å². The molecular weight excluding hydrogens is 214 g/mol. The number of hydrogen-bond donors (Lipinski definition) is 1. The summed E-state index contributed by atoms with van der Waals surface area (Å²) in [4.78, 5) is 0. The minimum atomic E-state index is -0.0755. The van der Waals surface area contributed by atoms with Crippen LogP contribution < -0.4 is 5.73 Å². The first-order valence-corrected chi connectivity index (χ1v) is 6.31. The summed E-state index contributed by atoms with van der Waals surface area (Å²) in [5, 5.41) is 0. The summed E-state index contributed by atoms with van der Waals surface area (Å²) >= 11 is 0. The molecule has 0 radical (unpaired) electrons. The molecule has 2 N–H and O–H groups in total. The molecule has 94 valence electrons. The molecule has 1 unspecified atom stereocenters. The van der Waals surface area contributed by atoms with Gasteiger partial charge in [0.2, 0.25) is 0 Å². The first-order valence-electron chi connectivity index (χ1n) is 6.31. The van der Waals surface area contributed by atoms with Gasteiger partial charge < -0.3 is 15.2 Å². The van der Waals surface area contributed by atoms with E-state index < -0.39 is 0 Å². The first-order chi connectivity index (χ1) is 8.27. The van der Waals surface area contributed by atoms with Crippen LogP contribution in [0.3, 0.4) is 0 Å². The smallest absolute Gasteiger partial charge is 0.157 e. The van der Waals surface area contributed by atoms with Crippen molar-refractivity contribution in [3.05, 3.63) is 35.9 Å². The van der Waals surface area contributed by atoms with Crippen molar-refractivity contribution in [2.24, 2.45) is 11.7 Å². The summed E-state index contributed by atoms with van der Waals surface area (Å²) < 4.78 is 11.1. The van der Waals surface area contributed by atoms with Crippen molar-refractivity contribution < 1.29 is 9.47 Å². The Morgan fingerprint density at radius 1 is 1.24 bits per heavy atom. The van der Waals surface area contributed by atoms with Gasteiger partial charge in [0.05, 0.1) is 13.2 Å². The predicted molar refractivity (Wildman–Crippen MR) is 67.5 cm³/mol. The van der Waals surface area contributed by atoms with E-state index in [1.54, 1.807) is 0 Å². The Kier molecular flexibility index (Phi) is 4.54. The maximum Gasteiger partial charge on any atom is 0.157 e. The minimum absolute atomic E-state index is 0.0466. The summed E-state index contributed by atoms with van der Waals surface area (Å²) in [7, 11) is 0. The van der Waals surface area contributed by atoms with Gasteiger partial charge in [-0.3, -0.25) is 0 Å². The Hall–Kier alpha value is -0.900. The van der Waals surface area contributed by atoms with E-state index in [9.17, 15) is 0 Å². The fourth-order valence-corrected chi connectivity index (χ4v) is 2.13. The third-order valence-electron chi connectivity index (χ3n) is 3.26. The lowest BCUT2D eigenvalue weighted by Gasteiger charge is -2.28. The van der Waals surface area contributed by atoms with Gasteiger partial charge in [-0.25, -0.2) is 0 Å². The zero-order valence-electron chi connectivity index (χ0n) is 10.3. The number of ether oxygens (including phenoxy) is 2. The summed E-state index contributed by atoms with van der Waals surface area (Å²) in [6.45, 7) is 3.76. The highest BCUT2D eigenvalue weighted by Crippen LogP contribution is 2.25. The van der Waals surface area contributed by atoms with E-state index in [2.05, 4.69) is 19.1 Å². The van der Waals surface area contributed by atoms with Crippen molar-refractivity contribution in [1.29, 1.82) is 0 Å². The van der Waals surface area contributed by atoms with Gasteiger partial charge in [0, 0.05) is 12.5 Å². The van der Waals surface area contributed by atoms with Gasteiger partial charge in [-0.05, 0) is 17.9 Å². The fraction of sp³-hybridized carbons (Fsp3) is 0.571. The first kappa shape index (κ1) is 12.6. The molecule has 0 spiro atoms. The zero-order valence-corrected chi connectivity index (χ0v) is 10.3. The Labute approximate surface area is 103 Å². The Balaban J connectivity index is 1.88. The molecule has 1 saturated heterocycles. The summed E-state index contributed by atoms with van der Waals surface area (Å²) in [6, 6.07) is 10.2. The highest BCUT2D eigenvalue weighted by Gasteiger charge is 2.22. The third-order valence-corrected chi connectivity index (χ3v) is 3.26. The maximum atomic E-state index is 6.24. The SMILES string of the molecule is C[C@@H](CC1OCCCO1)C(N)c1ccccc1. The lowest BCUT2D eigenvalue weighted by molar-refractivity contribution is -0.186. The second-order valence-corrected chi connectivity index (χ2v) is 4.67. The van der Waals surface area contributed by atoms with Gasteiger partial charge in [0.1, 0.15) is 0 Å². The van der Waals surface area contributed by atoms with Crippen molar-refractivity contribution in [3.63, 3.8) is 0 Å². The summed E-state index contributed by atoms with van der Waals surface area (Å²) in [6.07, 6.45) is 1.78. The maximum absolute atomic E-state index is 6.24. The van der Waals surface area contributed by atoms with Crippen molar-refractivity contribution in [2.75, 3.05) is 13.2 Å². The molecule has 0 aliphatic carbocycles. The molecule has 0 saturated carbocycles. The average molecular weight is 235 g/mol. The number of rotatable bonds is 4. The zero-order chi connectivity index (χ0) is 12.1. The summed E-state index contributed by atoms with van der Waals surface area (Å²) in [5.74, 6) is 0.348. The predicted octanol–water partition coefficient (Wildman–Crippen LogP) is 2.48. The molecule has 1 aromatic rings. The quantitative estimate of drug-likeness (QED) is 0.872. The molecule has 17 heavy (non-hydrogen) atoms. The van der Waals surface area contributed by atoms with E-state index in [1.165, 1.54) is 5.56 Å². The molecule has 0 amide bonds. The molecule has 2 atom stereocenters. The molecule has 3 nitrogen and oxygen atoms in total. The standard InChI is InChI=1S/C14H21NO2/c1-11(10-13-16-8-5-9-17-13)14(15)12-6-3-2-4-7-12/h2-4,6-7,11,13-14H,5,8-10,15H2,1H3/t11-,14?/m0/s1. The third kappa shape index (κ3) is 3.53. The van der Waals surface area contributed by atoms with Crippen LogP contribution in [0.2, 0.25) is 0 Å². The van der Waals surface area contributed by atoms with E-state index in [-0.39, 0.29) is 12.3 Å². The fourth-order valence-electron chi connectivity index (χ4n) is 2.13. The monoisotopic (exact) mass is 235 g/mol. The Bertz CT molecular complexity index is 322. The van der Waals surface area contributed by atoms with Crippen molar-refractivity contribution in [2.45, 2.75) is 32.1 Å². The van der Waals surface area contributed by atoms with E-state index in [0.717, 1.165) is 26.1 Å². The largest absolute Gasteiger partial charge is 0.353 e. The van der Waals surface area contributed by atoms with Crippen LogP contribution in [-0.2, 0) is 9.47 Å². The highest BCUT2D eigenvalue weighted by molar-refractivity contribution is 5.18. The molecule has 1 fully saturated rings. The van der Waals surface area contributed by atoms with Gasteiger partial charge in [-0.2, -0.15) is 0 Å². The average Bonchev–Trinajstić information content (AvgIpc) is 2.40. The van der Waals surface area contributed by atoms with E-state index >= 15 is 0 Å². The van der Waals surface area contributed by atoms with Crippen molar-refractivity contribution >= 4 is 0 Å². The normalized spacial score (nSPS) is 21.1. The van der Waals surface area contributed by atoms with Crippen LogP contribution in [0.1, 0.15) is 31.4 Å². The second-order valence-electron chi connectivity index (χ2n) is 4.67. The van der Waals surface area contributed by atoms with E-state index in [4.69, 9.17) is 15.2 Å². The lowest BCUT2D eigenvalue weighted by atomic mass is 9.92. The number of nitrogens with two attached hydrogens (primary N) is 1. The molecule has 3 heteroatoms. The topological polar surface area (TPSA) is 44.5 Å². The van der Waals surface area contributed by atoms with Gasteiger partial charge in [0.15, 0.2) is 6.29 Å². The van der Waals surface area contributed by atoms with Crippen LogP contribution in [0, 0.1) is 5.92 Å². The minimum Gasteiger partial charge on any atom is -0.353 e. The molecule has 0 bridgehead atoms.